The van der Waals surface area contributed by atoms with E-state index in [0.717, 1.165) is 5.56 Å². The van der Waals surface area contributed by atoms with Gasteiger partial charge in [0.15, 0.2) is 11.5 Å². The van der Waals surface area contributed by atoms with Crippen molar-refractivity contribution in [1.29, 1.82) is 0 Å². The minimum Gasteiger partial charge on any atom is -0.481 e. The van der Waals surface area contributed by atoms with Gasteiger partial charge in [-0.15, -0.1) is 0 Å². The Morgan fingerprint density at radius 3 is 2.39 bits per heavy atom. The SMILES string of the molecule is CC(C)c1ccc(/C=C2/Oc3ccccc3N(CC(C)(C)C(=O)O)C2=O)cc1. The van der Waals surface area contributed by atoms with Crippen LogP contribution in [0.25, 0.3) is 6.08 Å². The Bertz CT molecular complexity index is 926. The highest BCUT2D eigenvalue weighted by atomic mass is 16.5. The summed E-state index contributed by atoms with van der Waals surface area (Å²) in [7, 11) is 0. The lowest BCUT2D eigenvalue weighted by atomic mass is 9.92. The second-order valence-corrected chi connectivity index (χ2v) is 7.98. The fourth-order valence-electron chi connectivity index (χ4n) is 3.01. The number of hydrogen-bond donors (Lipinski definition) is 1. The highest BCUT2D eigenvalue weighted by Gasteiger charge is 2.37. The molecule has 2 aromatic rings. The third-order valence-electron chi connectivity index (χ3n) is 4.87. The van der Waals surface area contributed by atoms with Crippen molar-refractivity contribution < 1.29 is 19.4 Å². The molecule has 0 radical (unpaired) electrons. The summed E-state index contributed by atoms with van der Waals surface area (Å²) in [6.07, 6.45) is 1.70. The van der Waals surface area contributed by atoms with Gasteiger partial charge in [0.2, 0.25) is 0 Å². The van der Waals surface area contributed by atoms with Gasteiger partial charge in [-0.1, -0.05) is 50.2 Å². The number of amides is 1. The van der Waals surface area contributed by atoms with Gasteiger partial charge in [0.25, 0.3) is 5.91 Å². The van der Waals surface area contributed by atoms with Crippen LogP contribution >= 0.6 is 0 Å². The number of carboxylic acids is 1. The highest BCUT2D eigenvalue weighted by molar-refractivity contribution is 6.10. The number of aliphatic carboxylic acids is 1. The molecule has 2 aromatic carbocycles. The van der Waals surface area contributed by atoms with Gasteiger partial charge in [0, 0.05) is 6.54 Å². The van der Waals surface area contributed by atoms with Crippen molar-refractivity contribution >= 4 is 23.6 Å². The molecule has 1 aliphatic rings. The lowest BCUT2D eigenvalue weighted by Gasteiger charge is -2.34. The van der Waals surface area contributed by atoms with Crippen LogP contribution in [0.5, 0.6) is 5.75 Å². The largest absolute Gasteiger partial charge is 0.481 e. The Morgan fingerprint density at radius 2 is 1.79 bits per heavy atom. The number of carboxylic acid groups (broad SMARTS) is 1. The summed E-state index contributed by atoms with van der Waals surface area (Å²) >= 11 is 0. The van der Waals surface area contributed by atoms with Gasteiger partial charge in [-0.05, 0) is 49.1 Å². The van der Waals surface area contributed by atoms with Gasteiger partial charge in [-0.3, -0.25) is 9.59 Å². The second kappa shape index (κ2) is 7.50. The van der Waals surface area contributed by atoms with E-state index in [0.29, 0.717) is 17.4 Å². The van der Waals surface area contributed by atoms with Crippen LogP contribution in [0.3, 0.4) is 0 Å². The van der Waals surface area contributed by atoms with Crippen molar-refractivity contribution in [2.24, 2.45) is 5.41 Å². The molecule has 1 N–H and O–H groups in total. The molecule has 0 saturated heterocycles. The first kappa shape index (κ1) is 19.7. The lowest BCUT2D eigenvalue weighted by Crippen LogP contribution is -2.45. The molecule has 0 fully saturated rings. The average molecular weight is 379 g/mol. The van der Waals surface area contributed by atoms with Crippen LogP contribution in [0, 0.1) is 5.41 Å². The predicted octanol–water partition coefficient (Wildman–Crippen LogP) is 4.69. The fraction of sp³-hybridized carbons (Fsp3) is 0.304. The molecule has 0 aromatic heterocycles. The van der Waals surface area contributed by atoms with Crippen LogP contribution in [-0.4, -0.2) is 23.5 Å². The van der Waals surface area contributed by atoms with Crippen LogP contribution in [0.2, 0.25) is 0 Å². The van der Waals surface area contributed by atoms with E-state index < -0.39 is 11.4 Å². The van der Waals surface area contributed by atoms with Gasteiger partial charge in [-0.2, -0.15) is 0 Å². The Kier molecular flexibility index (Phi) is 5.27. The number of carbonyl (C=O) groups excluding carboxylic acids is 1. The number of rotatable bonds is 5. The summed E-state index contributed by atoms with van der Waals surface area (Å²) in [5, 5.41) is 9.49. The van der Waals surface area contributed by atoms with E-state index >= 15 is 0 Å². The van der Waals surface area contributed by atoms with Crippen molar-refractivity contribution in [3.63, 3.8) is 0 Å². The number of benzene rings is 2. The van der Waals surface area contributed by atoms with E-state index in [9.17, 15) is 14.7 Å². The summed E-state index contributed by atoms with van der Waals surface area (Å²) in [5.41, 5.74) is 1.55. The summed E-state index contributed by atoms with van der Waals surface area (Å²) in [6, 6.07) is 15.1. The minimum absolute atomic E-state index is 0.0468. The number of fused-ring (bicyclic) bond motifs is 1. The van der Waals surface area contributed by atoms with E-state index in [1.165, 1.54) is 10.5 Å². The predicted molar refractivity (Wildman–Crippen MR) is 109 cm³/mol. The molecule has 1 heterocycles. The van der Waals surface area contributed by atoms with Crippen LogP contribution in [-0.2, 0) is 9.59 Å². The highest BCUT2D eigenvalue weighted by Crippen LogP contribution is 2.37. The number of nitrogens with zero attached hydrogens (tertiary/aromatic N) is 1. The zero-order valence-electron chi connectivity index (χ0n) is 16.6. The van der Waals surface area contributed by atoms with Crippen LogP contribution in [0.4, 0.5) is 5.69 Å². The number of carbonyl (C=O) groups is 2. The molecular weight excluding hydrogens is 354 g/mol. The first-order valence-corrected chi connectivity index (χ1v) is 9.33. The smallest absolute Gasteiger partial charge is 0.310 e. The Labute approximate surface area is 165 Å². The van der Waals surface area contributed by atoms with Crippen molar-refractivity contribution in [2.75, 3.05) is 11.4 Å². The fourth-order valence-corrected chi connectivity index (χ4v) is 3.01. The molecule has 5 heteroatoms. The summed E-state index contributed by atoms with van der Waals surface area (Å²) in [4.78, 5) is 26.2. The Morgan fingerprint density at radius 1 is 1.14 bits per heavy atom. The molecule has 1 aliphatic heterocycles. The third-order valence-corrected chi connectivity index (χ3v) is 4.87. The van der Waals surface area contributed by atoms with Crippen molar-refractivity contribution in [1.82, 2.24) is 0 Å². The number of hydrogen-bond acceptors (Lipinski definition) is 3. The van der Waals surface area contributed by atoms with E-state index in [-0.39, 0.29) is 18.2 Å². The number of anilines is 1. The summed E-state index contributed by atoms with van der Waals surface area (Å²) < 4.78 is 5.85. The maximum absolute atomic E-state index is 13.1. The Balaban J connectivity index is 1.98. The van der Waals surface area contributed by atoms with E-state index in [2.05, 4.69) is 13.8 Å². The lowest BCUT2D eigenvalue weighted by molar-refractivity contribution is -0.146. The molecule has 146 valence electrons. The van der Waals surface area contributed by atoms with E-state index in [4.69, 9.17) is 4.74 Å². The van der Waals surface area contributed by atoms with Crippen LogP contribution < -0.4 is 9.64 Å². The number of ether oxygens (including phenoxy) is 1. The summed E-state index contributed by atoms with van der Waals surface area (Å²) in [5.74, 6) is -0.166. The molecule has 1 amide bonds. The molecule has 28 heavy (non-hydrogen) atoms. The maximum atomic E-state index is 13.1. The molecule has 0 saturated carbocycles. The van der Waals surface area contributed by atoms with Crippen LogP contribution in [0.1, 0.15) is 44.7 Å². The normalized spacial score (nSPS) is 15.5. The van der Waals surface area contributed by atoms with E-state index in [1.54, 1.807) is 38.1 Å². The molecular formula is C23H25NO4. The molecule has 3 rings (SSSR count). The molecule has 0 aliphatic carbocycles. The van der Waals surface area contributed by atoms with Crippen molar-refractivity contribution in [3.05, 3.63) is 65.4 Å². The first-order valence-electron chi connectivity index (χ1n) is 9.33. The van der Waals surface area contributed by atoms with Crippen molar-refractivity contribution in [3.8, 4) is 5.75 Å². The molecule has 0 unspecified atom stereocenters. The average Bonchev–Trinajstić information content (AvgIpc) is 2.65. The topological polar surface area (TPSA) is 66.8 Å². The minimum atomic E-state index is -1.09. The maximum Gasteiger partial charge on any atom is 0.310 e. The first-order chi connectivity index (χ1) is 13.2. The second-order valence-electron chi connectivity index (χ2n) is 7.98. The molecule has 5 nitrogen and oxygen atoms in total. The zero-order chi connectivity index (χ0) is 20.5. The Hall–Kier alpha value is -3.08. The monoisotopic (exact) mass is 379 g/mol. The van der Waals surface area contributed by atoms with Crippen LogP contribution in [0.15, 0.2) is 54.3 Å². The molecule has 0 atom stereocenters. The zero-order valence-corrected chi connectivity index (χ0v) is 16.6. The molecule has 0 bridgehead atoms. The van der Waals surface area contributed by atoms with Gasteiger partial charge >= 0.3 is 5.97 Å². The van der Waals surface area contributed by atoms with Gasteiger partial charge in [0.1, 0.15) is 0 Å². The van der Waals surface area contributed by atoms with E-state index in [1.807, 2.05) is 30.3 Å². The standard InChI is InChI=1S/C23H25NO4/c1-15(2)17-11-9-16(10-12-17)13-20-21(25)24(14-23(3,4)22(26)27)18-7-5-6-8-19(18)28-20/h5-13,15H,14H2,1-4H3,(H,26,27)/b20-13+. The third kappa shape index (κ3) is 3.93. The van der Waals surface area contributed by atoms with Gasteiger partial charge < -0.3 is 14.7 Å². The van der Waals surface area contributed by atoms with Crippen molar-refractivity contribution in [2.45, 2.75) is 33.6 Å². The van der Waals surface area contributed by atoms with Gasteiger partial charge in [0.05, 0.1) is 11.1 Å². The number of para-hydroxylation sites is 2. The summed E-state index contributed by atoms with van der Waals surface area (Å²) in [6.45, 7) is 7.51. The van der Waals surface area contributed by atoms with Gasteiger partial charge in [-0.25, -0.2) is 0 Å². The molecule has 0 spiro atoms. The quantitative estimate of drug-likeness (QED) is 0.766.